The van der Waals surface area contributed by atoms with Gasteiger partial charge in [0.15, 0.2) is 0 Å². The average molecular weight is 402 g/mol. The van der Waals surface area contributed by atoms with Gasteiger partial charge in [-0.1, -0.05) is 60.7 Å². The molecule has 3 aromatic rings. The first-order valence-electron chi connectivity index (χ1n) is 9.86. The van der Waals surface area contributed by atoms with Crippen molar-refractivity contribution in [3.63, 3.8) is 0 Å². The number of nitrogens with one attached hydrogen (secondary N) is 1. The van der Waals surface area contributed by atoms with Gasteiger partial charge in [-0.2, -0.15) is 0 Å². The Balaban J connectivity index is 1.34. The quantitative estimate of drug-likeness (QED) is 0.572. The fraction of sp³-hybridized carbons (Fsp3) is 0.160. The van der Waals surface area contributed by atoms with Gasteiger partial charge in [-0.05, 0) is 41.3 Å². The molecule has 3 aromatic carbocycles. The fourth-order valence-corrected chi connectivity index (χ4v) is 3.83. The minimum absolute atomic E-state index is 0.0190. The maximum atomic E-state index is 14.1. The number of carbonyl (C=O) groups excluding carboxylic acids is 1. The highest BCUT2D eigenvalue weighted by molar-refractivity contribution is 5.79. The number of amides is 1. The van der Waals surface area contributed by atoms with Crippen LogP contribution in [0.15, 0.2) is 66.7 Å². The Hall–Kier alpha value is -3.60. The van der Waals surface area contributed by atoms with Crippen molar-refractivity contribution in [2.45, 2.75) is 12.8 Å². The molecule has 4 nitrogen and oxygen atoms in total. The van der Waals surface area contributed by atoms with E-state index in [-0.39, 0.29) is 24.9 Å². The Morgan fingerprint density at radius 2 is 1.70 bits per heavy atom. The van der Waals surface area contributed by atoms with Gasteiger partial charge in [-0.15, -0.1) is 0 Å². The van der Waals surface area contributed by atoms with E-state index in [9.17, 15) is 9.18 Å². The van der Waals surface area contributed by atoms with E-state index in [2.05, 4.69) is 29.6 Å². The number of ether oxygens (including phenoxy) is 1. The third kappa shape index (κ3) is 3.79. The third-order valence-electron chi connectivity index (χ3n) is 5.46. The zero-order valence-electron chi connectivity index (χ0n) is 16.7. The van der Waals surface area contributed by atoms with Crippen molar-refractivity contribution < 1.29 is 13.9 Å². The molecule has 0 unspecified atom stereocenters. The Labute approximate surface area is 175 Å². The number of rotatable bonds is 5. The summed E-state index contributed by atoms with van der Waals surface area (Å²) in [5.74, 6) is -0.335. The van der Waals surface area contributed by atoms with E-state index < -0.39 is 6.09 Å². The molecule has 0 bridgehead atoms. The van der Waals surface area contributed by atoms with Crippen LogP contribution in [-0.4, -0.2) is 19.2 Å². The molecule has 0 aliphatic heterocycles. The van der Waals surface area contributed by atoms with Crippen LogP contribution in [0.25, 0.3) is 17.2 Å². The third-order valence-corrected chi connectivity index (χ3v) is 5.46. The smallest absolute Gasteiger partial charge is 0.407 e. The lowest BCUT2D eigenvalue weighted by atomic mass is 9.98. The van der Waals surface area contributed by atoms with Crippen molar-refractivity contribution in [3.05, 3.63) is 94.8 Å². The maximum absolute atomic E-state index is 14.1. The minimum atomic E-state index is -0.504. The van der Waals surface area contributed by atoms with Crippen molar-refractivity contribution in [2.75, 3.05) is 18.9 Å². The highest BCUT2D eigenvalue weighted by Gasteiger charge is 2.28. The summed E-state index contributed by atoms with van der Waals surface area (Å²) in [7, 11) is 0. The van der Waals surface area contributed by atoms with Gasteiger partial charge < -0.3 is 15.8 Å². The molecule has 0 fully saturated rings. The Bertz CT molecular complexity index is 1080. The number of anilines is 1. The summed E-state index contributed by atoms with van der Waals surface area (Å²) in [6.45, 7) is 2.13. The zero-order chi connectivity index (χ0) is 21.1. The van der Waals surface area contributed by atoms with Gasteiger partial charge in [0.05, 0.1) is 0 Å². The maximum Gasteiger partial charge on any atom is 0.407 e. The van der Waals surface area contributed by atoms with Crippen molar-refractivity contribution >= 4 is 17.9 Å². The van der Waals surface area contributed by atoms with Crippen LogP contribution in [-0.2, 0) is 4.74 Å². The molecule has 30 heavy (non-hydrogen) atoms. The first-order chi connectivity index (χ1) is 14.6. The summed E-state index contributed by atoms with van der Waals surface area (Å²) in [4.78, 5) is 12.1. The minimum Gasteiger partial charge on any atom is -0.449 e. The molecular formula is C25H23FN2O2. The summed E-state index contributed by atoms with van der Waals surface area (Å²) in [5, 5.41) is 2.68. The fourth-order valence-electron chi connectivity index (χ4n) is 3.83. The number of hydrogen-bond donors (Lipinski definition) is 2. The lowest BCUT2D eigenvalue weighted by molar-refractivity contribution is 0.144. The molecule has 0 spiro atoms. The van der Waals surface area contributed by atoms with Gasteiger partial charge >= 0.3 is 6.09 Å². The normalized spacial score (nSPS) is 12.6. The predicted octanol–water partition coefficient (Wildman–Crippen LogP) is 5.27. The Morgan fingerprint density at radius 1 is 1.07 bits per heavy atom. The molecule has 0 saturated carbocycles. The summed E-state index contributed by atoms with van der Waals surface area (Å²) in [6.07, 6.45) is 2.79. The van der Waals surface area contributed by atoms with Gasteiger partial charge in [0.1, 0.15) is 12.4 Å². The summed E-state index contributed by atoms with van der Waals surface area (Å²) in [6, 6.07) is 19.7. The molecule has 1 aliphatic carbocycles. The first kappa shape index (κ1) is 19.7. The molecule has 4 rings (SSSR count). The van der Waals surface area contributed by atoms with Crippen LogP contribution in [0.1, 0.15) is 28.2 Å². The van der Waals surface area contributed by atoms with Gasteiger partial charge in [0.25, 0.3) is 0 Å². The summed E-state index contributed by atoms with van der Waals surface area (Å²) < 4.78 is 19.6. The second kappa shape index (κ2) is 8.41. The first-order valence-corrected chi connectivity index (χ1v) is 9.86. The SMILES string of the molecule is Cc1c(N)ccc(C=CCNC(=O)OCC2c3ccccc3-c3ccccc32)c1F. The predicted molar refractivity (Wildman–Crippen MR) is 118 cm³/mol. The number of benzene rings is 3. The molecule has 1 amide bonds. The second-order valence-corrected chi connectivity index (χ2v) is 7.29. The number of nitrogen functional groups attached to an aromatic ring is 1. The lowest BCUT2D eigenvalue weighted by Gasteiger charge is -2.14. The second-order valence-electron chi connectivity index (χ2n) is 7.29. The molecular weight excluding hydrogens is 379 g/mol. The zero-order valence-corrected chi connectivity index (χ0v) is 16.7. The van der Waals surface area contributed by atoms with Crippen LogP contribution in [0, 0.1) is 12.7 Å². The molecule has 0 radical (unpaired) electrons. The van der Waals surface area contributed by atoms with Crippen molar-refractivity contribution in [1.82, 2.24) is 5.32 Å². The van der Waals surface area contributed by atoms with Crippen LogP contribution < -0.4 is 11.1 Å². The van der Waals surface area contributed by atoms with Gasteiger partial charge in [-0.25, -0.2) is 9.18 Å². The summed E-state index contributed by atoms with van der Waals surface area (Å²) in [5.41, 5.74) is 11.7. The number of fused-ring (bicyclic) bond motifs is 3. The monoisotopic (exact) mass is 402 g/mol. The van der Waals surface area contributed by atoms with Gasteiger partial charge in [-0.3, -0.25) is 0 Å². The van der Waals surface area contributed by atoms with E-state index in [4.69, 9.17) is 10.5 Å². The van der Waals surface area contributed by atoms with Crippen LogP contribution in [0.3, 0.4) is 0 Å². The summed E-state index contributed by atoms with van der Waals surface area (Å²) >= 11 is 0. The molecule has 3 N–H and O–H groups in total. The number of nitrogens with two attached hydrogens (primary N) is 1. The molecule has 0 aromatic heterocycles. The van der Waals surface area contributed by atoms with Crippen LogP contribution in [0.2, 0.25) is 0 Å². The van der Waals surface area contributed by atoms with E-state index >= 15 is 0 Å². The topological polar surface area (TPSA) is 64.3 Å². The molecule has 1 aliphatic rings. The molecule has 0 saturated heterocycles. The van der Waals surface area contributed by atoms with Crippen molar-refractivity contribution in [2.24, 2.45) is 0 Å². The van der Waals surface area contributed by atoms with Gasteiger partial charge in [0.2, 0.25) is 0 Å². The molecule has 0 heterocycles. The number of hydrogen-bond acceptors (Lipinski definition) is 3. The Kier molecular flexibility index (Phi) is 5.53. The molecule has 5 heteroatoms. The highest BCUT2D eigenvalue weighted by atomic mass is 19.1. The van der Waals surface area contributed by atoms with E-state index in [0.717, 1.165) is 0 Å². The van der Waals surface area contributed by atoms with Crippen LogP contribution >= 0.6 is 0 Å². The lowest BCUT2D eigenvalue weighted by Crippen LogP contribution is -2.26. The van der Waals surface area contributed by atoms with E-state index in [1.165, 1.54) is 22.3 Å². The van der Waals surface area contributed by atoms with E-state index in [0.29, 0.717) is 16.8 Å². The Morgan fingerprint density at radius 3 is 2.37 bits per heavy atom. The standard InChI is InChI=1S/C25H23FN2O2/c1-16-23(27)13-12-17(24(16)26)7-6-14-28-25(29)30-15-22-20-10-4-2-8-18(20)19-9-3-5-11-21(19)22/h2-13,22H,14-15,27H2,1H3,(H,28,29). The van der Waals surface area contributed by atoms with Gasteiger partial charge in [0, 0.05) is 29.3 Å². The highest BCUT2D eigenvalue weighted by Crippen LogP contribution is 2.44. The molecule has 152 valence electrons. The van der Waals surface area contributed by atoms with Crippen LogP contribution in [0.4, 0.5) is 14.9 Å². The molecule has 0 atom stereocenters. The average Bonchev–Trinajstić information content (AvgIpc) is 3.09. The van der Waals surface area contributed by atoms with E-state index in [1.807, 2.05) is 24.3 Å². The van der Waals surface area contributed by atoms with Crippen LogP contribution in [0.5, 0.6) is 0 Å². The van der Waals surface area contributed by atoms with Crippen molar-refractivity contribution in [1.29, 1.82) is 0 Å². The largest absolute Gasteiger partial charge is 0.449 e. The van der Waals surface area contributed by atoms with Crippen molar-refractivity contribution in [3.8, 4) is 11.1 Å². The van der Waals surface area contributed by atoms with E-state index in [1.54, 1.807) is 31.2 Å². The number of halogens is 1. The number of alkyl carbamates (subject to hydrolysis) is 1. The number of carbonyl (C=O) groups is 1.